The van der Waals surface area contributed by atoms with Crippen LogP contribution in [0.15, 0.2) is 53.3 Å². The van der Waals surface area contributed by atoms with Gasteiger partial charge < -0.3 is 20.3 Å². The van der Waals surface area contributed by atoms with Crippen molar-refractivity contribution in [2.75, 3.05) is 0 Å². The monoisotopic (exact) mass is 394 g/mol. The van der Waals surface area contributed by atoms with Crippen LogP contribution in [0.3, 0.4) is 0 Å². The Labute approximate surface area is 146 Å². The fraction of sp³-hybridized carbons (Fsp3) is 0.188. The molecule has 2 aromatic rings. The number of aliphatic hydroxyl groups is 1. The second-order valence-corrected chi connectivity index (χ2v) is 5.60. The Morgan fingerprint density at radius 2 is 1.92 bits per heavy atom. The summed E-state index contributed by atoms with van der Waals surface area (Å²) in [5, 5.41) is 21.7. The number of nitrogens with zero attached hydrogens (tertiary/aromatic N) is 1. The number of carbonyl (C=O) groups is 2. The van der Waals surface area contributed by atoms with E-state index in [-0.39, 0.29) is 12.2 Å². The highest BCUT2D eigenvalue weighted by atomic mass is 79.9. The molecule has 0 spiro atoms. The third-order valence-electron chi connectivity index (χ3n) is 3.17. The number of alkyl carbamates (subject to hydrolysis) is 1. The SMILES string of the molecule is O=C(N[C@@H](C(=O)O)[C@H](O)c1cccnc1Br)OCc1ccccc1. The van der Waals surface area contributed by atoms with E-state index < -0.39 is 24.2 Å². The zero-order chi connectivity index (χ0) is 17.5. The van der Waals surface area contributed by atoms with Crippen LogP contribution >= 0.6 is 15.9 Å². The van der Waals surface area contributed by atoms with Crippen molar-refractivity contribution < 1.29 is 24.5 Å². The number of carboxylic acid groups (broad SMARTS) is 1. The van der Waals surface area contributed by atoms with E-state index in [1.807, 2.05) is 6.07 Å². The summed E-state index contributed by atoms with van der Waals surface area (Å²) in [5.41, 5.74) is 1.00. The van der Waals surface area contributed by atoms with Crippen LogP contribution < -0.4 is 5.32 Å². The minimum absolute atomic E-state index is 0.00824. The molecule has 8 heteroatoms. The van der Waals surface area contributed by atoms with Gasteiger partial charge in [0.15, 0.2) is 6.04 Å². The standard InChI is InChI=1S/C16H15BrN2O5/c17-14-11(7-4-8-18-14)13(20)12(15(21)22)19-16(23)24-9-10-5-2-1-3-6-10/h1-8,12-13,20H,9H2,(H,19,23)(H,21,22)/t12-,13-/m1/s1. The largest absolute Gasteiger partial charge is 0.480 e. The quantitative estimate of drug-likeness (QED) is 0.648. The summed E-state index contributed by atoms with van der Waals surface area (Å²) in [4.78, 5) is 27.1. The lowest BCUT2D eigenvalue weighted by atomic mass is 10.0. The number of amides is 1. The lowest BCUT2D eigenvalue weighted by molar-refractivity contribution is -0.142. The normalized spacial score (nSPS) is 12.9. The first-order chi connectivity index (χ1) is 11.5. The maximum atomic E-state index is 11.8. The molecule has 0 aliphatic rings. The number of aliphatic hydroxyl groups excluding tert-OH is 1. The average Bonchev–Trinajstić information content (AvgIpc) is 2.58. The molecule has 0 aliphatic heterocycles. The van der Waals surface area contributed by atoms with Crippen molar-refractivity contribution in [3.8, 4) is 0 Å². The molecule has 0 aliphatic carbocycles. The van der Waals surface area contributed by atoms with Gasteiger partial charge in [-0.05, 0) is 27.6 Å². The Bertz CT molecular complexity index is 711. The molecule has 0 fully saturated rings. The van der Waals surface area contributed by atoms with Gasteiger partial charge in [-0.1, -0.05) is 36.4 Å². The molecule has 2 atom stereocenters. The molecule has 0 radical (unpaired) electrons. The summed E-state index contributed by atoms with van der Waals surface area (Å²) in [6.07, 6.45) is -0.947. The minimum atomic E-state index is -1.58. The molecule has 1 aromatic carbocycles. The maximum absolute atomic E-state index is 11.8. The first-order valence-electron chi connectivity index (χ1n) is 6.97. The van der Waals surface area contributed by atoms with Crippen LogP contribution in [0.4, 0.5) is 4.79 Å². The van der Waals surface area contributed by atoms with Crippen molar-refractivity contribution in [2.45, 2.75) is 18.8 Å². The molecule has 7 nitrogen and oxygen atoms in total. The van der Waals surface area contributed by atoms with Crippen molar-refractivity contribution in [1.29, 1.82) is 0 Å². The van der Waals surface area contributed by atoms with Gasteiger partial charge in [-0.25, -0.2) is 14.6 Å². The third kappa shape index (κ3) is 4.77. The summed E-state index contributed by atoms with van der Waals surface area (Å²) >= 11 is 3.13. The molecular weight excluding hydrogens is 380 g/mol. The van der Waals surface area contributed by atoms with Crippen molar-refractivity contribution in [3.05, 3.63) is 64.4 Å². The zero-order valence-corrected chi connectivity index (χ0v) is 14.0. The van der Waals surface area contributed by atoms with Gasteiger partial charge in [0, 0.05) is 11.8 Å². The summed E-state index contributed by atoms with van der Waals surface area (Å²) < 4.78 is 5.27. The van der Waals surface area contributed by atoms with Crippen molar-refractivity contribution in [3.63, 3.8) is 0 Å². The molecule has 126 valence electrons. The van der Waals surface area contributed by atoms with E-state index in [1.54, 1.807) is 30.3 Å². The highest BCUT2D eigenvalue weighted by Crippen LogP contribution is 2.23. The molecule has 24 heavy (non-hydrogen) atoms. The van der Waals surface area contributed by atoms with Gasteiger partial charge in [-0.2, -0.15) is 0 Å². The highest BCUT2D eigenvalue weighted by molar-refractivity contribution is 9.10. The van der Waals surface area contributed by atoms with Gasteiger partial charge in [-0.3, -0.25) is 0 Å². The topological polar surface area (TPSA) is 109 Å². The van der Waals surface area contributed by atoms with Crippen LogP contribution in [0.2, 0.25) is 0 Å². The summed E-state index contributed by atoms with van der Waals surface area (Å²) in [5.74, 6) is -1.39. The molecule has 1 amide bonds. The Kier molecular flexibility index (Phi) is 6.28. The molecule has 0 saturated carbocycles. The van der Waals surface area contributed by atoms with Crippen LogP contribution in [0, 0.1) is 0 Å². The van der Waals surface area contributed by atoms with Gasteiger partial charge >= 0.3 is 12.1 Å². The minimum Gasteiger partial charge on any atom is -0.480 e. The van der Waals surface area contributed by atoms with E-state index in [0.29, 0.717) is 4.60 Å². The second kappa shape index (κ2) is 8.42. The highest BCUT2D eigenvalue weighted by Gasteiger charge is 2.31. The van der Waals surface area contributed by atoms with E-state index in [1.165, 1.54) is 12.3 Å². The number of nitrogens with one attached hydrogen (secondary N) is 1. The summed E-state index contributed by atoms with van der Waals surface area (Å²) in [7, 11) is 0. The lowest BCUT2D eigenvalue weighted by Crippen LogP contribution is -2.45. The smallest absolute Gasteiger partial charge is 0.408 e. The fourth-order valence-electron chi connectivity index (χ4n) is 1.97. The number of aliphatic carboxylic acids is 1. The number of ether oxygens (including phenoxy) is 1. The van der Waals surface area contributed by atoms with E-state index in [0.717, 1.165) is 5.56 Å². The Morgan fingerprint density at radius 1 is 1.21 bits per heavy atom. The van der Waals surface area contributed by atoms with E-state index >= 15 is 0 Å². The Hall–Kier alpha value is -2.45. The van der Waals surface area contributed by atoms with Gasteiger partial charge in [-0.15, -0.1) is 0 Å². The van der Waals surface area contributed by atoms with Gasteiger partial charge in [0.25, 0.3) is 0 Å². The van der Waals surface area contributed by atoms with Gasteiger partial charge in [0.1, 0.15) is 17.3 Å². The Morgan fingerprint density at radius 3 is 2.54 bits per heavy atom. The molecule has 1 heterocycles. The van der Waals surface area contributed by atoms with Gasteiger partial charge in [0.05, 0.1) is 0 Å². The number of benzene rings is 1. The number of carbonyl (C=O) groups excluding carboxylic acids is 1. The first-order valence-corrected chi connectivity index (χ1v) is 7.77. The molecule has 0 saturated heterocycles. The number of hydrogen-bond acceptors (Lipinski definition) is 5. The number of pyridine rings is 1. The van der Waals surface area contributed by atoms with Crippen LogP contribution in [0.5, 0.6) is 0 Å². The van der Waals surface area contributed by atoms with Gasteiger partial charge in [0.2, 0.25) is 0 Å². The van der Waals surface area contributed by atoms with E-state index in [4.69, 9.17) is 4.74 Å². The van der Waals surface area contributed by atoms with E-state index in [9.17, 15) is 19.8 Å². The van der Waals surface area contributed by atoms with Crippen molar-refractivity contribution in [2.24, 2.45) is 0 Å². The van der Waals surface area contributed by atoms with Crippen molar-refractivity contribution >= 4 is 28.0 Å². The first kappa shape index (κ1) is 17.9. The van der Waals surface area contributed by atoms with E-state index in [2.05, 4.69) is 26.2 Å². The van der Waals surface area contributed by atoms with Crippen LogP contribution in [0.1, 0.15) is 17.2 Å². The molecule has 3 N–H and O–H groups in total. The number of rotatable bonds is 6. The molecule has 0 unspecified atom stereocenters. The maximum Gasteiger partial charge on any atom is 0.408 e. The summed E-state index contributed by atoms with van der Waals surface area (Å²) in [6.45, 7) is -0.00824. The van der Waals surface area contributed by atoms with Crippen molar-refractivity contribution in [1.82, 2.24) is 10.3 Å². The average molecular weight is 395 g/mol. The number of carboxylic acids is 1. The lowest BCUT2D eigenvalue weighted by Gasteiger charge is -2.21. The number of hydrogen-bond donors (Lipinski definition) is 3. The van der Waals surface area contributed by atoms with Crippen LogP contribution in [0.25, 0.3) is 0 Å². The molecule has 1 aromatic heterocycles. The molecular formula is C16H15BrN2O5. The molecule has 0 bridgehead atoms. The second-order valence-electron chi connectivity index (χ2n) is 4.85. The zero-order valence-electron chi connectivity index (χ0n) is 12.4. The summed E-state index contributed by atoms with van der Waals surface area (Å²) in [6, 6.07) is 10.4. The van der Waals surface area contributed by atoms with Crippen LogP contribution in [-0.2, 0) is 16.1 Å². The number of aromatic nitrogens is 1. The molecule has 2 rings (SSSR count). The third-order valence-corrected chi connectivity index (χ3v) is 3.84. The fourth-order valence-corrected chi connectivity index (χ4v) is 2.45. The Balaban J connectivity index is 2.01. The predicted octanol–water partition coefficient (Wildman–Crippen LogP) is 2.26. The van der Waals surface area contributed by atoms with Crippen LogP contribution in [-0.4, -0.2) is 33.3 Å². The predicted molar refractivity (Wildman–Crippen MR) is 88.1 cm³/mol. The number of halogens is 1.